The summed E-state index contributed by atoms with van der Waals surface area (Å²) in [5.41, 5.74) is -0.807. The lowest BCUT2D eigenvalue weighted by Crippen LogP contribution is -2.57. The summed E-state index contributed by atoms with van der Waals surface area (Å²) >= 11 is 0. The van der Waals surface area contributed by atoms with Crippen LogP contribution in [0.3, 0.4) is 0 Å². The van der Waals surface area contributed by atoms with Crippen molar-refractivity contribution in [2.45, 2.75) is 44.1 Å². The smallest absolute Gasteiger partial charge is 0.262 e. The average Bonchev–Trinajstić information content (AvgIpc) is 3.15. The lowest BCUT2D eigenvalue weighted by Gasteiger charge is -2.40. The molecule has 5 heterocycles. The number of hydrogen-bond donors (Lipinski definition) is 0. The van der Waals surface area contributed by atoms with Gasteiger partial charge in [0.05, 0.1) is 6.04 Å². The third kappa shape index (κ3) is 4.31. The number of aromatic nitrogens is 1. The lowest BCUT2D eigenvalue weighted by molar-refractivity contribution is -0.128. The summed E-state index contributed by atoms with van der Waals surface area (Å²) in [7, 11) is 0. The molecule has 0 aliphatic carbocycles. The van der Waals surface area contributed by atoms with Crippen molar-refractivity contribution < 1.29 is 27.5 Å². The number of piperazine rings is 1. The lowest BCUT2D eigenvalue weighted by atomic mass is 9.97. The van der Waals surface area contributed by atoms with E-state index in [2.05, 4.69) is 16.5 Å². The van der Waals surface area contributed by atoms with E-state index in [4.69, 9.17) is 4.74 Å². The standard InChI is InChI=1S/C29H32F3N5O3/c1-4-22(38)34-9-10-36-19(14-34)16-40-26-23(28(36)39)27(33-25(24(26)32)20-7-5-6-8-21(20)31)37-15-18(11-29(37,2)3)35-12-17(30)13-35/h4-8,17-19H,1,9-16H2,2-3H3/t18-,19+/m0/s1. The van der Waals surface area contributed by atoms with Crippen molar-refractivity contribution in [3.05, 3.63) is 54.1 Å². The summed E-state index contributed by atoms with van der Waals surface area (Å²) < 4.78 is 50.9. The van der Waals surface area contributed by atoms with Crippen molar-refractivity contribution in [2.75, 3.05) is 50.8 Å². The van der Waals surface area contributed by atoms with Crippen LogP contribution < -0.4 is 9.64 Å². The first-order valence-corrected chi connectivity index (χ1v) is 13.6. The van der Waals surface area contributed by atoms with E-state index in [1.54, 1.807) is 15.9 Å². The van der Waals surface area contributed by atoms with Gasteiger partial charge >= 0.3 is 0 Å². The number of carbonyl (C=O) groups excluding carboxylic acids is 2. The molecule has 212 valence electrons. The molecule has 8 nitrogen and oxygen atoms in total. The zero-order valence-electron chi connectivity index (χ0n) is 22.6. The van der Waals surface area contributed by atoms with E-state index in [0.717, 1.165) is 0 Å². The van der Waals surface area contributed by atoms with Crippen LogP contribution in [0.1, 0.15) is 30.6 Å². The highest BCUT2D eigenvalue weighted by molar-refractivity contribution is 6.03. The first-order valence-electron chi connectivity index (χ1n) is 13.6. The largest absolute Gasteiger partial charge is 0.487 e. The molecular formula is C29H32F3N5O3. The number of rotatable bonds is 4. The number of anilines is 1. The molecule has 0 radical (unpaired) electrons. The fourth-order valence-corrected chi connectivity index (χ4v) is 6.38. The summed E-state index contributed by atoms with van der Waals surface area (Å²) in [5, 5.41) is 0. The van der Waals surface area contributed by atoms with Crippen molar-refractivity contribution in [2.24, 2.45) is 0 Å². The Hall–Kier alpha value is -3.60. The summed E-state index contributed by atoms with van der Waals surface area (Å²) in [6.45, 7) is 9.40. The molecule has 40 heavy (non-hydrogen) atoms. The molecule has 2 amide bonds. The first kappa shape index (κ1) is 26.6. The van der Waals surface area contributed by atoms with Crippen LogP contribution >= 0.6 is 0 Å². The van der Waals surface area contributed by atoms with Crippen LogP contribution in [0.4, 0.5) is 19.0 Å². The van der Waals surface area contributed by atoms with E-state index in [1.807, 2.05) is 18.7 Å². The van der Waals surface area contributed by atoms with Gasteiger partial charge in [-0.25, -0.2) is 18.2 Å². The number of amides is 2. The topological polar surface area (TPSA) is 69.2 Å². The Labute approximate surface area is 231 Å². The van der Waals surface area contributed by atoms with E-state index in [1.165, 1.54) is 24.3 Å². The highest BCUT2D eigenvalue weighted by atomic mass is 19.1. The Morgan fingerprint density at radius 3 is 2.58 bits per heavy atom. The number of halogens is 3. The van der Waals surface area contributed by atoms with Crippen LogP contribution in [0.25, 0.3) is 11.3 Å². The predicted molar refractivity (Wildman–Crippen MR) is 143 cm³/mol. The van der Waals surface area contributed by atoms with Crippen LogP contribution in [-0.2, 0) is 4.79 Å². The minimum atomic E-state index is -0.910. The van der Waals surface area contributed by atoms with E-state index >= 15 is 4.39 Å². The maximum Gasteiger partial charge on any atom is 0.262 e. The molecule has 4 aliphatic rings. The Morgan fingerprint density at radius 1 is 1.12 bits per heavy atom. The first-order chi connectivity index (χ1) is 19.1. The molecule has 4 aliphatic heterocycles. The number of likely N-dealkylation sites (tertiary alicyclic amines) is 1. The number of alkyl halides is 1. The van der Waals surface area contributed by atoms with Crippen molar-refractivity contribution in [1.29, 1.82) is 0 Å². The Balaban J connectivity index is 1.47. The third-order valence-corrected chi connectivity index (χ3v) is 8.56. The minimum Gasteiger partial charge on any atom is -0.487 e. The number of benzene rings is 1. The highest BCUT2D eigenvalue weighted by Crippen LogP contribution is 2.45. The van der Waals surface area contributed by atoms with Crippen molar-refractivity contribution in [3.63, 3.8) is 0 Å². The van der Waals surface area contributed by atoms with Gasteiger partial charge in [0.2, 0.25) is 5.91 Å². The SMILES string of the molecule is C=CC(=O)N1CCN2C(=O)c3c(N4C[C@@H](N5CC(F)C5)CC4(C)C)nc(-c4ccccc4F)c(F)c3OC[C@H]2C1. The average molecular weight is 556 g/mol. The Morgan fingerprint density at radius 2 is 1.88 bits per heavy atom. The second-order valence-corrected chi connectivity index (χ2v) is 11.6. The third-order valence-electron chi connectivity index (χ3n) is 8.56. The van der Waals surface area contributed by atoms with E-state index in [0.29, 0.717) is 32.6 Å². The molecular weight excluding hydrogens is 523 g/mol. The second kappa shape index (κ2) is 9.79. The maximum absolute atomic E-state index is 16.2. The molecule has 3 saturated heterocycles. The maximum atomic E-state index is 16.2. The molecule has 2 atom stereocenters. The van der Waals surface area contributed by atoms with Gasteiger partial charge in [0.1, 0.15) is 35.7 Å². The van der Waals surface area contributed by atoms with Gasteiger partial charge in [0.25, 0.3) is 5.91 Å². The van der Waals surface area contributed by atoms with Gasteiger partial charge in [-0.3, -0.25) is 14.5 Å². The normalized spacial score (nSPS) is 24.6. The minimum absolute atomic E-state index is 0.00992. The summed E-state index contributed by atoms with van der Waals surface area (Å²) in [6.07, 6.45) is 1.05. The number of ether oxygens (including phenoxy) is 1. The molecule has 0 unspecified atom stereocenters. The number of carbonyl (C=O) groups is 2. The van der Waals surface area contributed by atoms with E-state index < -0.39 is 35.3 Å². The van der Waals surface area contributed by atoms with Gasteiger partial charge in [-0.05, 0) is 38.5 Å². The molecule has 6 rings (SSSR count). The molecule has 0 N–H and O–H groups in total. The van der Waals surface area contributed by atoms with Crippen molar-refractivity contribution in [1.82, 2.24) is 19.7 Å². The Kier molecular flexibility index (Phi) is 6.52. The monoisotopic (exact) mass is 555 g/mol. The summed E-state index contributed by atoms with van der Waals surface area (Å²) in [4.78, 5) is 38.3. The second-order valence-electron chi connectivity index (χ2n) is 11.6. The number of nitrogens with zero attached hydrogens (tertiary/aromatic N) is 5. The van der Waals surface area contributed by atoms with Gasteiger partial charge < -0.3 is 19.4 Å². The van der Waals surface area contributed by atoms with Gasteiger partial charge in [-0.1, -0.05) is 18.7 Å². The van der Waals surface area contributed by atoms with Gasteiger partial charge in [0.15, 0.2) is 11.6 Å². The van der Waals surface area contributed by atoms with Crippen LogP contribution in [0.5, 0.6) is 5.75 Å². The molecule has 11 heteroatoms. The quantitative estimate of drug-likeness (QED) is 0.540. The van der Waals surface area contributed by atoms with Gasteiger partial charge in [-0.2, -0.15) is 0 Å². The van der Waals surface area contributed by atoms with Crippen molar-refractivity contribution >= 4 is 17.6 Å². The molecule has 0 bridgehead atoms. The predicted octanol–water partition coefficient (Wildman–Crippen LogP) is 3.27. The molecule has 3 fully saturated rings. The molecule has 1 aromatic carbocycles. The van der Waals surface area contributed by atoms with Crippen LogP contribution in [0.15, 0.2) is 36.9 Å². The zero-order chi connectivity index (χ0) is 28.3. The van der Waals surface area contributed by atoms with E-state index in [-0.39, 0.29) is 60.0 Å². The number of hydrogen-bond acceptors (Lipinski definition) is 6. The number of fused-ring (bicyclic) bond motifs is 2. The van der Waals surface area contributed by atoms with Gasteiger partial charge in [0, 0.05) is 56.4 Å². The highest BCUT2D eigenvalue weighted by Gasteiger charge is 2.48. The fourth-order valence-electron chi connectivity index (χ4n) is 6.38. The van der Waals surface area contributed by atoms with Gasteiger partial charge in [-0.15, -0.1) is 0 Å². The zero-order valence-corrected chi connectivity index (χ0v) is 22.6. The molecule has 2 aromatic rings. The fraction of sp³-hybridized carbons (Fsp3) is 0.483. The molecule has 1 aromatic heterocycles. The Bertz CT molecular complexity index is 1380. The number of pyridine rings is 1. The van der Waals surface area contributed by atoms with Crippen molar-refractivity contribution in [3.8, 4) is 17.0 Å². The summed E-state index contributed by atoms with van der Waals surface area (Å²) in [5.74, 6) is -2.31. The van der Waals surface area contributed by atoms with Crippen LogP contribution in [-0.4, -0.2) is 101 Å². The molecule has 0 spiro atoms. The van der Waals surface area contributed by atoms with Crippen LogP contribution in [0, 0.1) is 11.6 Å². The summed E-state index contributed by atoms with van der Waals surface area (Å²) in [6, 6.07) is 5.28. The van der Waals surface area contributed by atoms with E-state index in [9.17, 15) is 18.4 Å². The van der Waals surface area contributed by atoms with Crippen LogP contribution in [0.2, 0.25) is 0 Å². The molecule has 0 saturated carbocycles.